The molecule has 6 heteroatoms. The molecule has 1 aliphatic heterocycles. The van der Waals surface area contributed by atoms with Crippen molar-refractivity contribution in [1.82, 2.24) is 0 Å². The van der Waals surface area contributed by atoms with Gasteiger partial charge in [0.05, 0.1) is 21.9 Å². The third-order valence-corrected chi connectivity index (χ3v) is 5.59. The number of fused-ring (bicyclic) bond motifs is 1. The van der Waals surface area contributed by atoms with Gasteiger partial charge in [-0.25, -0.2) is 0 Å². The zero-order valence-electron chi connectivity index (χ0n) is 15.6. The number of phenols is 1. The summed E-state index contributed by atoms with van der Waals surface area (Å²) in [6.45, 7) is 1.39. The molecule has 0 atom stereocenters. The van der Waals surface area contributed by atoms with E-state index in [9.17, 15) is 14.7 Å². The highest BCUT2D eigenvalue weighted by atomic mass is 32.2. The molecule has 0 aliphatic carbocycles. The largest absolute Gasteiger partial charge is 0.507 e. The summed E-state index contributed by atoms with van der Waals surface area (Å²) in [7, 11) is 0. The molecule has 0 unspecified atom stereocenters. The topological polar surface area (TPSA) is 78.4 Å². The number of phenolic OH excluding ortho intramolecular Hbond substituents is 1. The second kappa shape index (κ2) is 7.85. The molecule has 29 heavy (non-hydrogen) atoms. The molecule has 3 aromatic rings. The normalized spacial score (nSPS) is 12.7. The number of hydrogen-bond acceptors (Lipinski definition) is 5. The van der Waals surface area contributed by atoms with E-state index in [-0.39, 0.29) is 23.0 Å². The van der Waals surface area contributed by atoms with Crippen molar-refractivity contribution in [2.45, 2.75) is 11.8 Å². The van der Waals surface area contributed by atoms with Crippen LogP contribution < -0.4 is 10.6 Å². The SMILES string of the molecule is CC(=O)Nc1ccc(O)c(C(=O)C2=C(c3ccccc3)Nc3ccccc3S2)c1. The number of hydrogen-bond donors (Lipinski definition) is 3. The number of para-hydroxylation sites is 1. The molecular formula is C23H18N2O3S. The molecule has 3 aromatic carbocycles. The van der Waals surface area contributed by atoms with E-state index in [2.05, 4.69) is 10.6 Å². The number of nitrogens with one attached hydrogen (secondary N) is 2. The minimum atomic E-state index is -0.319. The molecule has 1 aliphatic rings. The van der Waals surface area contributed by atoms with E-state index in [1.165, 1.54) is 30.8 Å². The molecule has 0 fully saturated rings. The maximum Gasteiger partial charge on any atom is 0.221 e. The first-order valence-electron chi connectivity index (χ1n) is 9.02. The van der Waals surface area contributed by atoms with E-state index in [0.29, 0.717) is 16.3 Å². The number of carbonyl (C=O) groups excluding carboxylic acids is 2. The van der Waals surface area contributed by atoms with Gasteiger partial charge in [0.15, 0.2) is 0 Å². The highest BCUT2D eigenvalue weighted by Gasteiger charge is 2.27. The molecule has 144 valence electrons. The number of amides is 1. The Balaban J connectivity index is 1.82. The monoisotopic (exact) mass is 402 g/mol. The second-order valence-electron chi connectivity index (χ2n) is 6.54. The van der Waals surface area contributed by atoms with Crippen LogP contribution in [0, 0.1) is 0 Å². The average molecular weight is 402 g/mol. The van der Waals surface area contributed by atoms with Gasteiger partial charge < -0.3 is 15.7 Å². The summed E-state index contributed by atoms with van der Waals surface area (Å²) in [4.78, 5) is 26.2. The van der Waals surface area contributed by atoms with Crippen LogP contribution in [0.3, 0.4) is 0 Å². The summed E-state index contributed by atoms with van der Waals surface area (Å²) < 4.78 is 0. The molecule has 0 saturated heterocycles. The van der Waals surface area contributed by atoms with E-state index < -0.39 is 0 Å². The van der Waals surface area contributed by atoms with Gasteiger partial charge in [0.1, 0.15) is 5.75 Å². The quantitative estimate of drug-likeness (QED) is 0.417. The Morgan fingerprint density at radius 3 is 2.45 bits per heavy atom. The van der Waals surface area contributed by atoms with Crippen LogP contribution in [-0.2, 0) is 4.79 Å². The fourth-order valence-electron chi connectivity index (χ4n) is 3.10. The Labute approximate surface area is 172 Å². The number of aromatic hydroxyl groups is 1. The predicted octanol–water partition coefficient (Wildman–Crippen LogP) is 5.12. The van der Waals surface area contributed by atoms with Crippen molar-refractivity contribution >= 4 is 40.5 Å². The number of rotatable bonds is 4. The van der Waals surface area contributed by atoms with Gasteiger partial charge in [-0.2, -0.15) is 0 Å². The van der Waals surface area contributed by atoms with Crippen LogP contribution in [0.25, 0.3) is 5.70 Å². The average Bonchev–Trinajstić information content (AvgIpc) is 2.74. The molecule has 0 spiro atoms. The maximum atomic E-state index is 13.5. The Hall–Kier alpha value is -3.51. The molecule has 0 radical (unpaired) electrons. The first-order chi connectivity index (χ1) is 14.0. The van der Waals surface area contributed by atoms with Crippen molar-refractivity contribution in [2.24, 2.45) is 0 Å². The van der Waals surface area contributed by atoms with Crippen molar-refractivity contribution in [3.05, 3.63) is 88.8 Å². The summed E-state index contributed by atoms with van der Waals surface area (Å²) in [5.41, 5.74) is 3.06. The smallest absolute Gasteiger partial charge is 0.221 e. The summed E-state index contributed by atoms with van der Waals surface area (Å²) in [5.74, 6) is -0.704. The van der Waals surface area contributed by atoms with Crippen LogP contribution in [0.5, 0.6) is 5.75 Å². The summed E-state index contributed by atoms with van der Waals surface area (Å²) in [5, 5.41) is 16.4. The summed E-state index contributed by atoms with van der Waals surface area (Å²) in [6, 6.07) is 21.8. The molecule has 5 nitrogen and oxygen atoms in total. The van der Waals surface area contributed by atoms with Gasteiger partial charge in [-0.05, 0) is 35.9 Å². The lowest BCUT2D eigenvalue weighted by molar-refractivity contribution is -0.114. The van der Waals surface area contributed by atoms with Gasteiger partial charge in [-0.15, -0.1) is 0 Å². The molecular weight excluding hydrogens is 384 g/mol. The van der Waals surface area contributed by atoms with Crippen LogP contribution in [-0.4, -0.2) is 16.8 Å². The number of benzene rings is 3. The number of carbonyl (C=O) groups is 2. The number of allylic oxidation sites excluding steroid dienone is 1. The number of Topliss-reactive ketones (excluding diaryl/α,β-unsaturated/α-hetero) is 1. The number of thioether (sulfide) groups is 1. The van der Waals surface area contributed by atoms with Crippen LogP contribution in [0.4, 0.5) is 11.4 Å². The molecule has 0 aromatic heterocycles. The van der Waals surface area contributed by atoms with Gasteiger partial charge in [-0.1, -0.05) is 54.2 Å². The third-order valence-electron chi connectivity index (χ3n) is 4.42. The maximum absolute atomic E-state index is 13.5. The molecule has 0 saturated carbocycles. The van der Waals surface area contributed by atoms with Crippen molar-refractivity contribution in [3.63, 3.8) is 0 Å². The van der Waals surface area contributed by atoms with Crippen LogP contribution in [0.2, 0.25) is 0 Å². The van der Waals surface area contributed by atoms with Gasteiger partial charge in [-0.3, -0.25) is 9.59 Å². The lowest BCUT2D eigenvalue weighted by Gasteiger charge is -2.24. The number of anilines is 2. The molecule has 1 heterocycles. The number of ketones is 1. The zero-order chi connectivity index (χ0) is 20.4. The predicted molar refractivity (Wildman–Crippen MR) is 116 cm³/mol. The Morgan fingerprint density at radius 1 is 0.966 bits per heavy atom. The standard InChI is InChI=1S/C23H18N2O3S/c1-14(26)24-16-11-12-19(27)17(13-16)22(28)23-21(15-7-3-2-4-8-15)25-18-9-5-6-10-20(18)29-23/h2-13,25,27H,1H3,(H,24,26). The van der Waals surface area contributed by atoms with E-state index in [1.54, 1.807) is 6.07 Å². The Kier molecular flexibility index (Phi) is 5.10. The zero-order valence-corrected chi connectivity index (χ0v) is 16.4. The van der Waals surface area contributed by atoms with E-state index in [1.807, 2.05) is 54.6 Å². The van der Waals surface area contributed by atoms with Crippen molar-refractivity contribution in [2.75, 3.05) is 10.6 Å². The van der Waals surface area contributed by atoms with Crippen molar-refractivity contribution in [3.8, 4) is 5.75 Å². The molecule has 1 amide bonds. The Morgan fingerprint density at radius 2 is 1.69 bits per heavy atom. The van der Waals surface area contributed by atoms with Crippen LogP contribution in [0.15, 0.2) is 82.6 Å². The van der Waals surface area contributed by atoms with Crippen LogP contribution in [0.1, 0.15) is 22.8 Å². The van der Waals surface area contributed by atoms with E-state index in [0.717, 1.165) is 16.1 Å². The lowest BCUT2D eigenvalue weighted by Crippen LogP contribution is -2.14. The molecule has 4 rings (SSSR count). The third kappa shape index (κ3) is 3.88. The Bertz CT molecular complexity index is 1140. The minimum absolute atomic E-state index is 0.133. The van der Waals surface area contributed by atoms with E-state index >= 15 is 0 Å². The van der Waals surface area contributed by atoms with E-state index in [4.69, 9.17) is 0 Å². The fourth-order valence-corrected chi connectivity index (χ4v) is 4.17. The van der Waals surface area contributed by atoms with Crippen molar-refractivity contribution in [1.29, 1.82) is 0 Å². The first kappa shape index (κ1) is 18.8. The molecule has 0 bridgehead atoms. The summed E-state index contributed by atoms with van der Waals surface area (Å²) >= 11 is 1.36. The van der Waals surface area contributed by atoms with Crippen molar-refractivity contribution < 1.29 is 14.7 Å². The van der Waals surface area contributed by atoms with Gasteiger partial charge in [0, 0.05) is 17.5 Å². The van der Waals surface area contributed by atoms with Gasteiger partial charge in [0.2, 0.25) is 11.7 Å². The highest BCUT2D eigenvalue weighted by Crippen LogP contribution is 2.44. The second-order valence-corrected chi connectivity index (χ2v) is 7.59. The first-order valence-corrected chi connectivity index (χ1v) is 9.83. The molecule has 3 N–H and O–H groups in total. The van der Waals surface area contributed by atoms with Crippen LogP contribution >= 0.6 is 11.8 Å². The lowest BCUT2D eigenvalue weighted by atomic mass is 10.0. The van der Waals surface area contributed by atoms with Gasteiger partial charge >= 0.3 is 0 Å². The summed E-state index contributed by atoms with van der Waals surface area (Å²) in [6.07, 6.45) is 0. The van der Waals surface area contributed by atoms with Gasteiger partial charge in [0.25, 0.3) is 0 Å². The highest BCUT2D eigenvalue weighted by molar-refractivity contribution is 8.04. The minimum Gasteiger partial charge on any atom is -0.507 e. The fraction of sp³-hybridized carbons (Fsp3) is 0.0435.